The van der Waals surface area contributed by atoms with E-state index in [1.165, 1.54) is 48.9 Å². The molecule has 1 N–H and O–H groups in total. The number of allylic oxidation sites excluding steroid dienone is 5. The van der Waals surface area contributed by atoms with Crippen molar-refractivity contribution >= 4 is 11.3 Å². The third-order valence-corrected chi connectivity index (χ3v) is 3.67. The molecule has 0 saturated carbocycles. The second kappa shape index (κ2) is 42.0. The second-order valence-corrected chi connectivity index (χ2v) is 6.21. The van der Waals surface area contributed by atoms with Gasteiger partial charge in [0.2, 0.25) is 0 Å². The van der Waals surface area contributed by atoms with E-state index in [-0.39, 0.29) is 0 Å². The van der Waals surface area contributed by atoms with Gasteiger partial charge in [-0.15, -0.1) is 26.3 Å². The molecule has 0 saturated heterocycles. The Balaban J connectivity index is -0.000000105. The maximum atomic E-state index is 3.46. The summed E-state index contributed by atoms with van der Waals surface area (Å²) >= 11 is 0. The van der Waals surface area contributed by atoms with E-state index in [1.807, 2.05) is 26.1 Å². The van der Waals surface area contributed by atoms with Crippen LogP contribution in [0.1, 0.15) is 92.6 Å². The van der Waals surface area contributed by atoms with Crippen molar-refractivity contribution in [2.24, 2.45) is 0 Å². The Labute approximate surface area is 197 Å². The highest BCUT2D eigenvalue weighted by Gasteiger charge is 1.99. The lowest BCUT2D eigenvalue weighted by Crippen LogP contribution is -1.92. The average Bonchev–Trinajstić information content (AvgIpc) is 2.84. The summed E-state index contributed by atoms with van der Waals surface area (Å²) in [4.78, 5) is 0. The molecule has 0 spiro atoms. The molecule has 0 bridgehead atoms. The van der Waals surface area contributed by atoms with Crippen LogP contribution in [0.4, 0.5) is 5.69 Å². The van der Waals surface area contributed by atoms with E-state index < -0.39 is 0 Å². The van der Waals surface area contributed by atoms with Crippen LogP contribution in [0, 0.1) is 0 Å². The minimum Gasteiger partial charge on any atom is -0.388 e. The lowest BCUT2D eigenvalue weighted by molar-refractivity contribution is 0.772. The molecule has 31 heavy (non-hydrogen) atoms. The molecule has 180 valence electrons. The van der Waals surface area contributed by atoms with Gasteiger partial charge in [-0.1, -0.05) is 116 Å². The Bertz CT molecular complexity index is 491. The fourth-order valence-corrected chi connectivity index (χ4v) is 1.95. The van der Waals surface area contributed by atoms with Crippen LogP contribution in [0.25, 0.3) is 5.57 Å². The zero-order valence-electron chi connectivity index (χ0n) is 22.4. The van der Waals surface area contributed by atoms with Crippen molar-refractivity contribution in [1.29, 1.82) is 0 Å². The molecule has 1 aromatic rings. The molecule has 0 aliphatic heterocycles. The van der Waals surface area contributed by atoms with Crippen LogP contribution in [0.15, 0.2) is 81.5 Å². The maximum absolute atomic E-state index is 3.46. The summed E-state index contributed by atoms with van der Waals surface area (Å²) in [5.74, 6) is 0. The van der Waals surface area contributed by atoms with Crippen LogP contribution < -0.4 is 5.32 Å². The van der Waals surface area contributed by atoms with Gasteiger partial charge in [-0.05, 0) is 31.9 Å². The topological polar surface area (TPSA) is 12.0 Å². The molecule has 0 aliphatic rings. The van der Waals surface area contributed by atoms with Crippen molar-refractivity contribution in [1.82, 2.24) is 0 Å². The summed E-state index contributed by atoms with van der Waals surface area (Å²) in [5, 5.41) is 3.19. The first kappa shape index (κ1) is 39.2. The highest BCUT2D eigenvalue weighted by atomic mass is 14.8. The zero-order valence-corrected chi connectivity index (χ0v) is 22.4. The number of hydrogen-bond acceptors (Lipinski definition) is 1. The normalized spacial score (nSPS) is 8.84. The SMILES string of the molecule is C=C.C=C.C=C/C=C\C.CC/C=C(/C)c1ccccc1NC.CCCC.CCCCC. The van der Waals surface area contributed by atoms with Crippen LogP contribution in [0.5, 0.6) is 0 Å². The predicted molar refractivity (Wildman–Crippen MR) is 153 cm³/mol. The maximum Gasteiger partial charge on any atom is 0.0413 e. The minimum atomic E-state index is 1.09. The monoisotopic (exact) mass is 429 g/mol. The zero-order chi connectivity index (χ0) is 25.3. The van der Waals surface area contributed by atoms with Gasteiger partial charge in [-0.2, -0.15) is 0 Å². The highest BCUT2D eigenvalue weighted by Crippen LogP contribution is 2.22. The number of unbranched alkanes of at least 4 members (excludes halogenated alkanes) is 3. The molecule has 0 amide bonds. The molecule has 0 aliphatic carbocycles. The number of para-hydroxylation sites is 1. The molecule has 0 atom stereocenters. The average molecular weight is 430 g/mol. The van der Waals surface area contributed by atoms with Gasteiger partial charge < -0.3 is 5.32 Å². The van der Waals surface area contributed by atoms with Gasteiger partial charge in [0.05, 0.1) is 0 Å². The molecule has 0 heterocycles. The molecular formula is C30H55N. The third-order valence-electron chi connectivity index (χ3n) is 3.67. The van der Waals surface area contributed by atoms with Crippen molar-refractivity contribution in [3.8, 4) is 0 Å². The lowest BCUT2D eigenvalue weighted by Gasteiger charge is -2.08. The van der Waals surface area contributed by atoms with E-state index >= 15 is 0 Å². The number of nitrogens with one attached hydrogen (secondary N) is 1. The first-order valence-corrected chi connectivity index (χ1v) is 11.7. The molecule has 0 unspecified atom stereocenters. The van der Waals surface area contributed by atoms with Crippen LogP contribution in [0.2, 0.25) is 0 Å². The number of hydrogen-bond donors (Lipinski definition) is 1. The predicted octanol–water partition coefficient (Wildman–Crippen LogP) is 10.9. The van der Waals surface area contributed by atoms with Crippen molar-refractivity contribution in [3.63, 3.8) is 0 Å². The van der Waals surface area contributed by atoms with Crippen molar-refractivity contribution in [3.05, 3.63) is 87.0 Å². The van der Waals surface area contributed by atoms with E-state index in [0.717, 1.165) is 6.42 Å². The quantitative estimate of drug-likeness (QED) is 0.335. The summed E-state index contributed by atoms with van der Waals surface area (Å²) in [6.07, 6.45) is 15.6. The van der Waals surface area contributed by atoms with Crippen molar-refractivity contribution < 1.29 is 0 Å². The molecule has 1 heteroatoms. The summed E-state index contributed by atoms with van der Waals surface area (Å²) in [5.41, 5.74) is 3.84. The van der Waals surface area contributed by atoms with Gasteiger partial charge in [-0.3, -0.25) is 0 Å². The van der Waals surface area contributed by atoms with E-state index in [9.17, 15) is 0 Å². The van der Waals surface area contributed by atoms with Gasteiger partial charge in [0.25, 0.3) is 0 Å². The van der Waals surface area contributed by atoms with Crippen molar-refractivity contribution in [2.45, 2.75) is 87.0 Å². The van der Waals surface area contributed by atoms with E-state index in [1.54, 1.807) is 6.08 Å². The number of anilines is 1. The van der Waals surface area contributed by atoms with Gasteiger partial charge in [-0.25, -0.2) is 0 Å². The smallest absolute Gasteiger partial charge is 0.0413 e. The number of benzene rings is 1. The first-order valence-electron chi connectivity index (χ1n) is 11.7. The third kappa shape index (κ3) is 35.5. The van der Waals surface area contributed by atoms with Crippen LogP contribution in [0.3, 0.4) is 0 Å². The lowest BCUT2D eigenvalue weighted by atomic mass is 10.0. The van der Waals surface area contributed by atoms with E-state index in [2.05, 4.69) is 110 Å². The largest absolute Gasteiger partial charge is 0.388 e. The standard InChI is InChI=1S/C12H17N.C5H12.C5H8.C4H10.2C2H4/c1-4-7-10(2)11-8-5-6-9-12(11)13-3;2*1-3-5-4-2;1-3-4-2;2*1-2/h5-9,13H,4H2,1-3H3;3-5H2,1-2H3;3-5H,1H2,2H3;3-4H2,1-2H3;2*1-2H2/b10-7-;;5-4-;;;. The fourth-order valence-electron chi connectivity index (χ4n) is 1.95. The van der Waals surface area contributed by atoms with Gasteiger partial charge in [0, 0.05) is 18.3 Å². The van der Waals surface area contributed by atoms with Gasteiger partial charge >= 0.3 is 0 Å². The Hall–Kier alpha value is -2.28. The summed E-state index contributed by atoms with van der Waals surface area (Å²) < 4.78 is 0. The molecule has 0 aromatic heterocycles. The molecule has 1 nitrogen and oxygen atoms in total. The van der Waals surface area contributed by atoms with E-state index in [0.29, 0.717) is 0 Å². The Morgan fingerprint density at radius 2 is 1.35 bits per heavy atom. The Morgan fingerprint density at radius 1 is 0.871 bits per heavy atom. The van der Waals surface area contributed by atoms with Gasteiger partial charge in [0.15, 0.2) is 0 Å². The van der Waals surface area contributed by atoms with E-state index in [4.69, 9.17) is 0 Å². The number of rotatable bonds is 7. The Kier molecular flexibility index (Phi) is 53.1. The molecular weight excluding hydrogens is 374 g/mol. The van der Waals surface area contributed by atoms with Crippen molar-refractivity contribution in [2.75, 3.05) is 12.4 Å². The fraction of sp³-hybridized carbons (Fsp3) is 0.467. The summed E-state index contributed by atoms with van der Waals surface area (Å²) in [6, 6.07) is 8.37. The molecule has 1 rings (SSSR count). The first-order chi connectivity index (χ1) is 15.0. The molecule has 0 fully saturated rings. The van der Waals surface area contributed by atoms with Crippen LogP contribution in [-0.4, -0.2) is 7.05 Å². The summed E-state index contributed by atoms with van der Waals surface area (Å²) in [7, 11) is 1.96. The Morgan fingerprint density at radius 3 is 1.61 bits per heavy atom. The molecule has 0 radical (unpaired) electrons. The highest BCUT2D eigenvalue weighted by molar-refractivity contribution is 5.74. The molecule has 1 aromatic carbocycles. The van der Waals surface area contributed by atoms with Gasteiger partial charge in [0.1, 0.15) is 0 Å². The van der Waals surface area contributed by atoms with Crippen LogP contribution >= 0.6 is 0 Å². The summed E-state index contributed by atoms with van der Waals surface area (Å²) in [6.45, 7) is 30.5. The second-order valence-electron chi connectivity index (χ2n) is 6.21. The van der Waals surface area contributed by atoms with Crippen LogP contribution in [-0.2, 0) is 0 Å². The minimum absolute atomic E-state index is 1.09.